The molecule has 0 saturated heterocycles. The standard InChI is InChI=1S/C13H21NO3/c1-10(14-8-13(2,17)9-15)7-11-3-5-12(16)6-4-11/h3-6,10,14-17H,7-9H2,1-2H3. The highest BCUT2D eigenvalue weighted by molar-refractivity contribution is 5.26. The molecule has 0 aliphatic heterocycles. The lowest BCUT2D eigenvalue weighted by molar-refractivity contribution is 0.00111. The first kappa shape index (κ1) is 14.0. The fourth-order valence-corrected chi connectivity index (χ4v) is 1.51. The van der Waals surface area contributed by atoms with E-state index in [0.717, 1.165) is 12.0 Å². The summed E-state index contributed by atoms with van der Waals surface area (Å²) in [5, 5.41) is 30.9. The van der Waals surface area contributed by atoms with Crippen LogP contribution in [0.2, 0.25) is 0 Å². The molecule has 0 fully saturated rings. The van der Waals surface area contributed by atoms with Gasteiger partial charge in [-0.3, -0.25) is 0 Å². The van der Waals surface area contributed by atoms with Gasteiger partial charge in [0.2, 0.25) is 0 Å². The van der Waals surface area contributed by atoms with Crippen LogP contribution < -0.4 is 5.32 Å². The van der Waals surface area contributed by atoms with Crippen molar-refractivity contribution in [1.82, 2.24) is 5.32 Å². The molecule has 1 aromatic carbocycles. The Morgan fingerprint density at radius 3 is 2.41 bits per heavy atom. The van der Waals surface area contributed by atoms with E-state index in [4.69, 9.17) is 10.2 Å². The number of rotatable bonds is 6. The van der Waals surface area contributed by atoms with E-state index < -0.39 is 5.60 Å². The number of benzene rings is 1. The highest BCUT2D eigenvalue weighted by atomic mass is 16.3. The number of aliphatic hydroxyl groups excluding tert-OH is 1. The normalized spacial score (nSPS) is 16.5. The minimum Gasteiger partial charge on any atom is -0.508 e. The highest BCUT2D eigenvalue weighted by Gasteiger charge is 2.19. The molecule has 17 heavy (non-hydrogen) atoms. The summed E-state index contributed by atoms with van der Waals surface area (Å²) >= 11 is 0. The van der Waals surface area contributed by atoms with E-state index in [0.29, 0.717) is 6.54 Å². The Morgan fingerprint density at radius 2 is 1.88 bits per heavy atom. The van der Waals surface area contributed by atoms with Gasteiger partial charge in [-0.05, 0) is 38.0 Å². The zero-order chi connectivity index (χ0) is 12.9. The second-order valence-electron chi connectivity index (χ2n) is 4.81. The lowest BCUT2D eigenvalue weighted by Crippen LogP contribution is -2.44. The molecule has 0 bridgehead atoms. The summed E-state index contributed by atoms with van der Waals surface area (Å²) in [6, 6.07) is 7.25. The largest absolute Gasteiger partial charge is 0.508 e. The van der Waals surface area contributed by atoms with Gasteiger partial charge in [0, 0.05) is 12.6 Å². The first-order chi connectivity index (χ1) is 7.93. The van der Waals surface area contributed by atoms with Crippen LogP contribution in [0.25, 0.3) is 0 Å². The first-order valence-electron chi connectivity index (χ1n) is 5.77. The molecule has 1 rings (SSSR count). The Morgan fingerprint density at radius 1 is 1.29 bits per heavy atom. The van der Waals surface area contributed by atoms with E-state index >= 15 is 0 Å². The summed E-state index contributed by atoms with van der Waals surface area (Å²) in [7, 11) is 0. The number of aromatic hydroxyl groups is 1. The molecular weight excluding hydrogens is 218 g/mol. The fraction of sp³-hybridized carbons (Fsp3) is 0.538. The maximum Gasteiger partial charge on any atom is 0.115 e. The summed E-state index contributed by atoms with van der Waals surface area (Å²) < 4.78 is 0. The third-order valence-electron chi connectivity index (χ3n) is 2.65. The quantitative estimate of drug-likeness (QED) is 0.588. The van der Waals surface area contributed by atoms with Crippen LogP contribution in [0.5, 0.6) is 5.75 Å². The van der Waals surface area contributed by atoms with Crippen molar-refractivity contribution in [2.45, 2.75) is 31.9 Å². The summed E-state index contributed by atoms with van der Waals surface area (Å²) in [6.07, 6.45) is 0.807. The topological polar surface area (TPSA) is 72.7 Å². The first-order valence-corrected chi connectivity index (χ1v) is 5.77. The monoisotopic (exact) mass is 239 g/mol. The Labute approximate surface area is 102 Å². The average molecular weight is 239 g/mol. The molecule has 0 spiro atoms. The van der Waals surface area contributed by atoms with Gasteiger partial charge in [-0.2, -0.15) is 0 Å². The van der Waals surface area contributed by atoms with Crippen LogP contribution in [0.15, 0.2) is 24.3 Å². The number of phenols is 1. The maximum atomic E-state index is 9.63. The van der Waals surface area contributed by atoms with Crippen LogP contribution in [-0.2, 0) is 6.42 Å². The summed E-state index contributed by atoms with van der Waals surface area (Å²) in [4.78, 5) is 0. The Kier molecular flexibility index (Phi) is 4.93. The molecule has 0 saturated carbocycles. The van der Waals surface area contributed by atoms with E-state index in [2.05, 4.69) is 5.32 Å². The summed E-state index contributed by atoms with van der Waals surface area (Å²) in [5.74, 6) is 0.262. The van der Waals surface area contributed by atoms with Gasteiger partial charge in [-0.15, -0.1) is 0 Å². The highest BCUT2D eigenvalue weighted by Crippen LogP contribution is 2.11. The van der Waals surface area contributed by atoms with E-state index in [1.54, 1.807) is 19.1 Å². The minimum atomic E-state index is -1.08. The van der Waals surface area contributed by atoms with Gasteiger partial charge < -0.3 is 20.6 Å². The molecule has 2 atom stereocenters. The van der Waals surface area contributed by atoms with Crippen LogP contribution in [0, 0.1) is 0 Å². The number of aliphatic hydroxyl groups is 2. The fourth-order valence-electron chi connectivity index (χ4n) is 1.51. The van der Waals surface area contributed by atoms with E-state index in [1.165, 1.54) is 0 Å². The predicted octanol–water partition coefficient (Wildman–Crippen LogP) is 0.656. The maximum absolute atomic E-state index is 9.63. The molecule has 1 aromatic rings. The summed E-state index contributed by atoms with van der Waals surface area (Å²) in [5.41, 5.74) is 0.0369. The van der Waals surface area contributed by atoms with E-state index in [1.807, 2.05) is 19.1 Å². The number of hydrogen-bond acceptors (Lipinski definition) is 4. The van der Waals surface area contributed by atoms with Crippen molar-refractivity contribution in [2.75, 3.05) is 13.2 Å². The van der Waals surface area contributed by atoms with Crippen LogP contribution in [0.1, 0.15) is 19.4 Å². The molecule has 0 heterocycles. The molecule has 2 unspecified atom stereocenters. The number of nitrogens with one attached hydrogen (secondary N) is 1. The second-order valence-corrected chi connectivity index (χ2v) is 4.81. The zero-order valence-corrected chi connectivity index (χ0v) is 10.3. The van der Waals surface area contributed by atoms with Crippen LogP contribution >= 0.6 is 0 Å². The van der Waals surface area contributed by atoms with Gasteiger partial charge >= 0.3 is 0 Å². The van der Waals surface area contributed by atoms with Gasteiger partial charge in [0.05, 0.1) is 12.2 Å². The Bertz CT molecular complexity index is 335. The molecule has 0 aliphatic carbocycles. The van der Waals surface area contributed by atoms with Gasteiger partial charge in [0.25, 0.3) is 0 Å². The molecule has 0 aromatic heterocycles. The van der Waals surface area contributed by atoms with Gasteiger partial charge in [0.1, 0.15) is 5.75 Å². The predicted molar refractivity (Wildman–Crippen MR) is 67.0 cm³/mol. The Balaban J connectivity index is 2.39. The van der Waals surface area contributed by atoms with Gasteiger partial charge in [-0.25, -0.2) is 0 Å². The zero-order valence-electron chi connectivity index (χ0n) is 10.3. The molecule has 0 amide bonds. The van der Waals surface area contributed by atoms with E-state index in [9.17, 15) is 5.11 Å². The van der Waals surface area contributed by atoms with Crippen molar-refractivity contribution >= 4 is 0 Å². The molecule has 4 heteroatoms. The lowest BCUT2D eigenvalue weighted by Gasteiger charge is -2.23. The molecule has 96 valence electrons. The Hall–Kier alpha value is -1.10. The van der Waals surface area contributed by atoms with Gasteiger partial charge in [-0.1, -0.05) is 12.1 Å². The van der Waals surface area contributed by atoms with Crippen molar-refractivity contribution in [3.05, 3.63) is 29.8 Å². The molecule has 4 N–H and O–H groups in total. The SMILES string of the molecule is CC(Cc1ccc(O)cc1)NCC(C)(O)CO. The van der Waals surface area contributed by atoms with Crippen LogP contribution in [0.3, 0.4) is 0 Å². The summed E-state index contributed by atoms with van der Waals surface area (Å²) in [6.45, 7) is 3.70. The van der Waals surface area contributed by atoms with Gasteiger partial charge in [0.15, 0.2) is 0 Å². The minimum absolute atomic E-state index is 0.192. The number of phenolic OH excluding ortho intramolecular Hbond substituents is 1. The lowest BCUT2D eigenvalue weighted by atomic mass is 10.0. The van der Waals surface area contributed by atoms with Crippen molar-refractivity contribution in [2.24, 2.45) is 0 Å². The van der Waals surface area contributed by atoms with Crippen molar-refractivity contribution in [3.63, 3.8) is 0 Å². The van der Waals surface area contributed by atoms with Crippen molar-refractivity contribution in [3.8, 4) is 5.75 Å². The van der Waals surface area contributed by atoms with E-state index in [-0.39, 0.29) is 18.4 Å². The third kappa shape index (κ3) is 5.17. The van der Waals surface area contributed by atoms with Crippen molar-refractivity contribution < 1.29 is 15.3 Å². The van der Waals surface area contributed by atoms with Crippen molar-refractivity contribution in [1.29, 1.82) is 0 Å². The second kappa shape index (κ2) is 6.00. The average Bonchev–Trinajstić information content (AvgIpc) is 2.30. The molecule has 0 radical (unpaired) electrons. The molecule has 4 nitrogen and oxygen atoms in total. The molecular formula is C13H21NO3. The molecule has 0 aliphatic rings. The third-order valence-corrected chi connectivity index (χ3v) is 2.65. The van der Waals surface area contributed by atoms with Crippen LogP contribution in [-0.4, -0.2) is 40.1 Å². The number of hydrogen-bond donors (Lipinski definition) is 4. The smallest absolute Gasteiger partial charge is 0.115 e. The van der Waals surface area contributed by atoms with Crippen LogP contribution in [0.4, 0.5) is 0 Å².